The average Bonchev–Trinajstić information content (AvgIpc) is 4.03. The predicted octanol–water partition coefficient (Wildman–Crippen LogP) is 5.31. The van der Waals surface area contributed by atoms with E-state index in [0.29, 0.717) is 43.0 Å². The molecule has 0 amide bonds. The number of hydrazone groups is 1. The van der Waals surface area contributed by atoms with Crippen LogP contribution in [0, 0.1) is 0 Å². The second-order valence-corrected chi connectivity index (χ2v) is 18.6. The van der Waals surface area contributed by atoms with Gasteiger partial charge in [0, 0.05) is 69.0 Å². The molecule has 0 unspecified atom stereocenters. The number of amidine groups is 1. The molecule has 3 aliphatic heterocycles. The highest BCUT2D eigenvalue weighted by Crippen LogP contribution is 2.37. The molecule has 3 aliphatic rings. The van der Waals surface area contributed by atoms with E-state index in [-0.39, 0.29) is 54.7 Å². The van der Waals surface area contributed by atoms with Crippen LogP contribution >= 0.6 is 0 Å². The monoisotopic (exact) mass is 984 g/mol. The molecule has 4 aromatic carbocycles. The second-order valence-electron chi connectivity index (χ2n) is 18.6. The maximum absolute atomic E-state index is 12.1. The molecule has 18 nitrogen and oxygen atoms in total. The Labute approximate surface area is 423 Å². The van der Waals surface area contributed by atoms with Crippen LogP contribution in [0.25, 0.3) is 11.4 Å². The first kappa shape index (κ1) is 52.9. The summed E-state index contributed by atoms with van der Waals surface area (Å²) in [6.45, 7) is 26.4. The Morgan fingerprint density at radius 1 is 0.694 bits per heavy atom. The van der Waals surface area contributed by atoms with Crippen molar-refractivity contribution in [3.63, 3.8) is 0 Å². The summed E-state index contributed by atoms with van der Waals surface area (Å²) in [6, 6.07) is 32.5. The van der Waals surface area contributed by atoms with E-state index in [1.165, 1.54) is 5.12 Å². The van der Waals surface area contributed by atoms with E-state index in [1.54, 1.807) is 30.7 Å². The fourth-order valence-electron chi connectivity index (χ4n) is 9.97. The van der Waals surface area contributed by atoms with E-state index in [2.05, 4.69) is 128 Å². The number of H-pyrrole nitrogens is 1. The summed E-state index contributed by atoms with van der Waals surface area (Å²) in [5.41, 5.74) is 11.9. The van der Waals surface area contributed by atoms with Crippen molar-refractivity contribution in [3.05, 3.63) is 150 Å². The third-order valence-corrected chi connectivity index (χ3v) is 13.3. The van der Waals surface area contributed by atoms with E-state index >= 15 is 0 Å². The number of rotatable bonds is 18. The van der Waals surface area contributed by atoms with Crippen molar-refractivity contribution in [3.8, 4) is 22.9 Å². The number of nitrogens with one attached hydrogen (secondary N) is 3. The zero-order chi connectivity index (χ0) is 51.3. The molecule has 5 aromatic rings. The first-order valence-electron chi connectivity index (χ1n) is 24.8. The van der Waals surface area contributed by atoms with Gasteiger partial charge in [0.05, 0.1) is 30.9 Å². The number of carbonyl (C=O) groups is 2. The van der Waals surface area contributed by atoms with Gasteiger partial charge >= 0.3 is 17.8 Å². The number of ether oxygens (including phenoxy) is 2. The maximum Gasteiger partial charge on any atom is 0.342 e. The van der Waals surface area contributed by atoms with Gasteiger partial charge in [-0.1, -0.05) is 72.0 Å². The number of esters is 2. The highest BCUT2D eigenvalue weighted by molar-refractivity contribution is 5.99. The number of aromatic nitrogens is 4. The molecule has 2 fully saturated rings. The van der Waals surface area contributed by atoms with E-state index < -0.39 is 0 Å². The van der Waals surface area contributed by atoms with E-state index in [0.717, 1.165) is 72.6 Å². The number of phenols is 2. The Morgan fingerprint density at radius 3 is 1.69 bits per heavy atom. The molecular formula is C54H71N12O6+. The van der Waals surface area contributed by atoms with Crippen molar-refractivity contribution in [2.45, 2.75) is 84.3 Å². The van der Waals surface area contributed by atoms with E-state index in [4.69, 9.17) is 9.47 Å². The highest BCUT2D eigenvalue weighted by Gasteiger charge is 2.37. The van der Waals surface area contributed by atoms with Gasteiger partial charge in [0.1, 0.15) is 23.1 Å². The number of aromatic hydroxyl groups is 2. The third kappa shape index (κ3) is 13.1. The van der Waals surface area contributed by atoms with Gasteiger partial charge in [0.15, 0.2) is 17.6 Å². The lowest BCUT2D eigenvalue weighted by Gasteiger charge is -2.47. The second kappa shape index (κ2) is 24.9. The van der Waals surface area contributed by atoms with Gasteiger partial charge in [-0.2, -0.15) is 0 Å². The fourth-order valence-corrected chi connectivity index (χ4v) is 9.97. The minimum absolute atomic E-state index is 0.00377. The van der Waals surface area contributed by atoms with Crippen molar-refractivity contribution >= 4 is 17.8 Å². The van der Waals surface area contributed by atoms with Gasteiger partial charge in [-0.25, -0.2) is 10.3 Å². The topological polar surface area (TPSA) is 191 Å². The number of piperazine rings is 2. The van der Waals surface area contributed by atoms with Crippen LogP contribution in [0.15, 0.2) is 127 Å². The molecule has 0 radical (unpaired) electrons. The Kier molecular flexibility index (Phi) is 18.3. The van der Waals surface area contributed by atoms with Crippen LogP contribution in [0.5, 0.6) is 11.5 Å². The highest BCUT2D eigenvalue weighted by atomic mass is 16.5. The Morgan fingerprint density at radius 2 is 1.18 bits per heavy atom. The lowest BCUT2D eigenvalue weighted by atomic mass is 9.92. The number of aromatic amines is 1. The minimum atomic E-state index is -0.358. The van der Waals surface area contributed by atoms with Crippen LogP contribution in [0.2, 0.25) is 0 Å². The van der Waals surface area contributed by atoms with Gasteiger partial charge in [-0.3, -0.25) is 29.8 Å². The Balaban J connectivity index is 0.000000211. The molecule has 5 N–H and O–H groups in total. The fraction of sp³-hybridized carbons (Fsp3) is 0.407. The molecule has 0 aliphatic carbocycles. The normalized spacial score (nSPS) is 20.7. The van der Waals surface area contributed by atoms with Crippen LogP contribution < -0.4 is 15.6 Å². The number of hydrogen-bond acceptors (Lipinski definition) is 16. The van der Waals surface area contributed by atoms with E-state index in [9.17, 15) is 19.8 Å². The number of nitrogens with zero attached hydrogens (tertiary/aromatic N) is 9. The molecule has 0 spiro atoms. The van der Waals surface area contributed by atoms with E-state index in [1.807, 2.05) is 60.7 Å². The average molecular weight is 984 g/mol. The zero-order valence-corrected chi connectivity index (χ0v) is 42.4. The van der Waals surface area contributed by atoms with Crippen LogP contribution in [0.1, 0.15) is 81.4 Å². The standard InChI is InChI=1S/C27H34N6O3.C27H36N6O3/c1-5-13-31-16-20(4)32(17-19(31)3)26(22-10-8-12-24(34)15-22)21-9-7-11-23(14-21)27-28-29-30-33(27)18-25(35)36-6-2;1-5-13-31-16-20(4)32(17-19(31)3)26(22-10-8-12-24(34)15-22)21-9-7-11-23(14-21)27-28-30-33(29-27)18-25(35)36-6-2/h5,7-12,14-15,19-20,26,34H,1,6,13,16-18H2,2-4H3;5,7-12,14-15,19-20,26,30,34H,1,6,13,16-18H2,2-4H3,(H,28,29)/p+1/t2*19-,20+,26-/m11/s1. The van der Waals surface area contributed by atoms with Crippen LogP contribution in [0.3, 0.4) is 0 Å². The summed E-state index contributed by atoms with van der Waals surface area (Å²) in [4.78, 5) is 33.8. The van der Waals surface area contributed by atoms with Crippen molar-refractivity contribution in [1.29, 1.82) is 0 Å². The van der Waals surface area contributed by atoms with Gasteiger partial charge in [0.2, 0.25) is 0 Å². The number of tetrazole rings is 1. The van der Waals surface area contributed by atoms with Crippen molar-refractivity contribution in [2.24, 2.45) is 5.10 Å². The molecule has 382 valence electrons. The minimum Gasteiger partial charge on any atom is -0.508 e. The molecule has 18 heteroatoms. The Hall–Kier alpha value is -6.96. The summed E-state index contributed by atoms with van der Waals surface area (Å²) in [5.74, 6) is 0.961. The quantitative estimate of drug-likeness (QED) is 0.0431. The molecule has 4 heterocycles. The lowest BCUT2D eigenvalue weighted by molar-refractivity contribution is -0.734. The summed E-state index contributed by atoms with van der Waals surface area (Å²) in [6.07, 6.45) is 3.92. The van der Waals surface area contributed by atoms with Crippen molar-refractivity contribution in [2.75, 3.05) is 59.0 Å². The molecule has 0 saturated carbocycles. The van der Waals surface area contributed by atoms with Gasteiger partial charge in [0.25, 0.3) is 0 Å². The summed E-state index contributed by atoms with van der Waals surface area (Å²) < 4.78 is 11.7. The van der Waals surface area contributed by atoms with Gasteiger partial charge in [-0.15, -0.1) is 28.1 Å². The van der Waals surface area contributed by atoms with Crippen molar-refractivity contribution in [1.82, 2.24) is 51.2 Å². The molecule has 6 atom stereocenters. The van der Waals surface area contributed by atoms with Gasteiger partial charge in [-0.05, 0) is 106 Å². The Bertz CT molecular complexity index is 2660. The number of phenolic OH excluding ortho intramolecular Hbond substituents is 2. The van der Waals surface area contributed by atoms with Crippen LogP contribution in [-0.4, -0.2) is 151 Å². The molecule has 0 bridgehead atoms. The molecule has 72 heavy (non-hydrogen) atoms. The molecule has 8 rings (SSSR count). The van der Waals surface area contributed by atoms with Gasteiger partial charge < -0.3 is 19.7 Å². The predicted molar refractivity (Wildman–Crippen MR) is 276 cm³/mol. The maximum atomic E-state index is 12.1. The number of carbonyl (C=O) groups excluding carboxylic acids is 2. The largest absolute Gasteiger partial charge is 0.508 e. The summed E-state index contributed by atoms with van der Waals surface area (Å²) >= 11 is 0. The summed E-state index contributed by atoms with van der Waals surface area (Å²) in [5, 5.41) is 37.4. The molecule has 2 saturated heterocycles. The van der Waals surface area contributed by atoms with Crippen molar-refractivity contribution < 1.29 is 34.0 Å². The first-order chi connectivity index (χ1) is 34.8. The third-order valence-electron chi connectivity index (χ3n) is 13.3. The number of hydrazine groups is 2. The first-order valence-corrected chi connectivity index (χ1v) is 24.8. The summed E-state index contributed by atoms with van der Waals surface area (Å²) in [7, 11) is 0. The van der Waals surface area contributed by atoms with Crippen LogP contribution in [-0.2, 0) is 25.6 Å². The molecule has 1 aromatic heterocycles. The molecular weight excluding hydrogens is 913 g/mol. The lowest BCUT2D eigenvalue weighted by Crippen LogP contribution is -2.57. The number of benzene rings is 4. The number of hydrogen-bond donors (Lipinski definition) is 5. The zero-order valence-electron chi connectivity index (χ0n) is 42.4. The smallest absolute Gasteiger partial charge is 0.342 e. The SMILES string of the molecule is C=CCN1C[C@H](C)N([C@@H](c2cccc(O)c2)c2cccc(-c3nn[nH][n+]3CC(=O)OCC)c2)C[C@H]1C.C=CCN1C[C@H](C)N([C@@H](c2cccc(O)c2)c2cccc(C3=NNN(CC(=O)OCC)N3)c2)C[C@H]1C. The van der Waals surface area contributed by atoms with Crippen LogP contribution in [0.4, 0.5) is 0 Å².